The van der Waals surface area contributed by atoms with Gasteiger partial charge in [0.05, 0.1) is 16.4 Å². The van der Waals surface area contributed by atoms with Gasteiger partial charge in [-0.2, -0.15) is 0 Å². The topological polar surface area (TPSA) is 69.4 Å². The second-order valence-electron chi connectivity index (χ2n) is 3.38. The Morgan fingerprint density at radius 1 is 1.61 bits per heavy atom. The van der Waals surface area contributed by atoms with Gasteiger partial charge < -0.3 is 4.74 Å². The standard InChI is InChI=1S/C11H12ClNO4S/c1-3-17-11(14)7(2)18-10-6-8(12)4-5-9(10)13(15)16/h4-7H,3H2,1-2H3. The van der Waals surface area contributed by atoms with E-state index in [1.165, 1.54) is 18.2 Å². The van der Waals surface area contributed by atoms with Crippen molar-refractivity contribution in [3.05, 3.63) is 33.3 Å². The first-order chi connectivity index (χ1) is 8.45. The number of nitrogens with zero attached hydrogens (tertiary/aromatic N) is 1. The molecule has 18 heavy (non-hydrogen) atoms. The summed E-state index contributed by atoms with van der Waals surface area (Å²) in [5, 5.41) is 10.7. The maximum absolute atomic E-state index is 11.5. The number of nitro benzene ring substituents is 1. The monoisotopic (exact) mass is 289 g/mol. The lowest BCUT2D eigenvalue weighted by atomic mass is 10.3. The van der Waals surface area contributed by atoms with Gasteiger partial charge in [-0.25, -0.2) is 0 Å². The molecule has 1 atom stereocenters. The number of esters is 1. The molecule has 1 rings (SSSR count). The molecule has 0 aliphatic heterocycles. The van der Waals surface area contributed by atoms with Crippen LogP contribution in [-0.2, 0) is 9.53 Å². The van der Waals surface area contributed by atoms with Crippen LogP contribution in [-0.4, -0.2) is 22.7 Å². The van der Waals surface area contributed by atoms with E-state index in [1.54, 1.807) is 13.8 Å². The molecular weight excluding hydrogens is 278 g/mol. The second-order valence-corrected chi connectivity index (χ2v) is 5.20. The summed E-state index contributed by atoms with van der Waals surface area (Å²) in [7, 11) is 0. The number of thioether (sulfide) groups is 1. The lowest BCUT2D eigenvalue weighted by Crippen LogP contribution is -2.16. The minimum atomic E-state index is -0.526. The summed E-state index contributed by atoms with van der Waals surface area (Å²) in [4.78, 5) is 22.2. The minimum Gasteiger partial charge on any atom is -0.465 e. The van der Waals surface area contributed by atoms with E-state index in [4.69, 9.17) is 16.3 Å². The fraction of sp³-hybridized carbons (Fsp3) is 0.364. The molecule has 0 aliphatic carbocycles. The summed E-state index contributed by atoms with van der Waals surface area (Å²) in [5.41, 5.74) is -0.0689. The van der Waals surface area contributed by atoms with Crippen molar-refractivity contribution in [1.29, 1.82) is 0 Å². The highest BCUT2D eigenvalue weighted by atomic mass is 35.5. The molecular formula is C11H12ClNO4S. The fourth-order valence-electron chi connectivity index (χ4n) is 1.23. The van der Waals surface area contributed by atoms with Crippen molar-refractivity contribution in [2.24, 2.45) is 0 Å². The van der Waals surface area contributed by atoms with E-state index in [0.717, 1.165) is 11.8 Å². The number of carbonyl (C=O) groups excluding carboxylic acids is 1. The van der Waals surface area contributed by atoms with Crippen LogP contribution < -0.4 is 0 Å². The zero-order valence-corrected chi connectivity index (χ0v) is 11.5. The number of rotatable bonds is 5. The first-order valence-corrected chi connectivity index (χ1v) is 6.48. The van der Waals surface area contributed by atoms with E-state index in [9.17, 15) is 14.9 Å². The minimum absolute atomic E-state index is 0.0689. The van der Waals surface area contributed by atoms with Gasteiger partial charge in [0, 0.05) is 11.1 Å². The third kappa shape index (κ3) is 3.89. The van der Waals surface area contributed by atoms with Crippen LogP contribution in [0.4, 0.5) is 5.69 Å². The molecule has 0 bridgehead atoms. The number of hydrogen-bond acceptors (Lipinski definition) is 5. The average Bonchev–Trinajstić information content (AvgIpc) is 2.28. The lowest BCUT2D eigenvalue weighted by Gasteiger charge is -2.10. The molecule has 0 spiro atoms. The van der Waals surface area contributed by atoms with E-state index in [-0.39, 0.29) is 12.3 Å². The van der Waals surface area contributed by atoms with Crippen LogP contribution in [0, 0.1) is 10.1 Å². The average molecular weight is 290 g/mol. The third-order valence-electron chi connectivity index (χ3n) is 2.04. The van der Waals surface area contributed by atoms with Gasteiger partial charge in [-0.15, -0.1) is 11.8 Å². The Balaban J connectivity index is 2.92. The molecule has 1 unspecified atom stereocenters. The highest BCUT2D eigenvalue weighted by Gasteiger charge is 2.21. The lowest BCUT2D eigenvalue weighted by molar-refractivity contribution is -0.387. The van der Waals surface area contributed by atoms with Crippen LogP contribution in [0.5, 0.6) is 0 Å². The highest BCUT2D eigenvalue weighted by molar-refractivity contribution is 8.00. The first kappa shape index (κ1) is 14.8. The summed E-state index contributed by atoms with van der Waals surface area (Å²) in [6.45, 7) is 3.62. The Bertz CT molecular complexity index is 466. The number of ether oxygens (including phenoxy) is 1. The molecule has 7 heteroatoms. The first-order valence-electron chi connectivity index (χ1n) is 5.23. The SMILES string of the molecule is CCOC(=O)C(C)Sc1cc(Cl)ccc1[N+](=O)[O-]. The molecule has 0 saturated carbocycles. The van der Waals surface area contributed by atoms with Crippen LogP contribution in [0.2, 0.25) is 5.02 Å². The smallest absolute Gasteiger partial charge is 0.319 e. The van der Waals surface area contributed by atoms with E-state index in [2.05, 4.69) is 0 Å². The molecule has 5 nitrogen and oxygen atoms in total. The van der Waals surface area contributed by atoms with E-state index < -0.39 is 16.1 Å². The van der Waals surface area contributed by atoms with E-state index in [1.807, 2.05) is 0 Å². The van der Waals surface area contributed by atoms with Crippen LogP contribution >= 0.6 is 23.4 Å². The fourth-order valence-corrected chi connectivity index (χ4v) is 2.47. The zero-order valence-electron chi connectivity index (χ0n) is 9.88. The second kappa shape index (κ2) is 6.61. The molecule has 98 valence electrons. The Morgan fingerprint density at radius 3 is 2.83 bits per heavy atom. The molecule has 1 aromatic carbocycles. The highest BCUT2D eigenvalue weighted by Crippen LogP contribution is 2.34. The van der Waals surface area contributed by atoms with Gasteiger partial charge in [0.25, 0.3) is 5.69 Å². The molecule has 0 radical (unpaired) electrons. The van der Waals surface area contributed by atoms with Gasteiger partial charge in [0.15, 0.2) is 0 Å². The molecule has 1 aromatic rings. The summed E-state index contributed by atoms with van der Waals surface area (Å²) >= 11 is 6.85. The molecule has 0 saturated heterocycles. The molecule has 0 aromatic heterocycles. The largest absolute Gasteiger partial charge is 0.465 e. The van der Waals surface area contributed by atoms with Crippen LogP contribution in [0.3, 0.4) is 0 Å². The number of carbonyl (C=O) groups is 1. The quantitative estimate of drug-likeness (QED) is 0.360. The molecule has 0 fully saturated rings. The predicted octanol–water partition coefficient (Wildman–Crippen LogP) is 3.29. The Kier molecular flexibility index (Phi) is 5.43. The Hall–Kier alpha value is -1.27. The number of nitro groups is 1. The number of hydrogen-bond donors (Lipinski definition) is 0. The third-order valence-corrected chi connectivity index (χ3v) is 3.40. The van der Waals surface area contributed by atoms with Crippen molar-refractivity contribution in [2.75, 3.05) is 6.61 Å². The number of benzene rings is 1. The maximum atomic E-state index is 11.5. The summed E-state index contributed by atoms with van der Waals surface area (Å²) in [6.07, 6.45) is 0. The summed E-state index contributed by atoms with van der Waals surface area (Å²) in [6, 6.07) is 4.24. The van der Waals surface area contributed by atoms with Crippen molar-refractivity contribution in [2.45, 2.75) is 24.0 Å². The van der Waals surface area contributed by atoms with Gasteiger partial charge in [-0.05, 0) is 26.0 Å². The van der Waals surface area contributed by atoms with Crippen molar-refractivity contribution >= 4 is 35.0 Å². The van der Waals surface area contributed by atoms with E-state index >= 15 is 0 Å². The molecule has 0 amide bonds. The predicted molar refractivity (Wildman–Crippen MR) is 70.1 cm³/mol. The van der Waals surface area contributed by atoms with Crippen molar-refractivity contribution in [3.8, 4) is 0 Å². The summed E-state index contributed by atoms with van der Waals surface area (Å²) in [5.74, 6) is -0.406. The normalized spacial score (nSPS) is 11.9. The maximum Gasteiger partial charge on any atom is 0.319 e. The zero-order chi connectivity index (χ0) is 13.7. The molecule has 0 heterocycles. The van der Waals surface area contributed by atoms with E-state index in [0.29, 0.717) is 9.92 Å². The van der Waals surface area contributed by atoms with Crippen molar-refractivity contribution in [3.63, 3.8) is 0 Å². The van der Waals surface area contributed by atoms with Crippen LogP contribution in [0.15, 0.2) is 23.1 Å². The summed E-state index contributed by atoms with van der Waals surface area (Å²) < 4.78 is 4.84. The van der Waals surface area contributed by atoms with Gasteiger partial charge in [-0.1, -0.05) is 11.6 Å². The van der Waals surface area contributed by atoms with Crippen LogP contribution in [0.1, 0.15) is 13.8 Å². The Morgan fingerprint density at radius 2 is 2.28 bits per heavy atom. The van der Waals surface area contributed by atoms with Crippen molar-refractivity contribution < 1.29 is 14.5 Å². The van der Waals surface area contributed by atoms with Crippen LogP contribution in [0.25, 0.3) is 0 Å². The van der Waals surface area contributed by atoms with Crippen molar-refractivity contribution in [1.82, 2.24) is 0 Å². The van der Waals surface area contributed by atoms with Gasteiger partial charge >= 0.3 is 5.97 Å². The van der Waals surface area contributed by atoms with Gasteiger partial charge in [0.1, 0.15) is 5.25 Å². The Labute approximate surface area is 114 Å². The van der Waals surface area contributed by atoms with Gasteiger partial charge in [-0.3, -0.25) is 14.9 Å². The molecule has 0 N–H and O–H groups in total. The number of halogens is 1. The van der Waals surface area contributed by atoms with Gasteiger partial charge in [0.2, 0.25) is 0 Å². The molecule has 0 aliphatic rings.